The Bertz CT molecular complexity index is 553. The van der Waals surface area contributed by atoms with E-state index in [9.17, 15) is 9.59 Å². The summed E-state index contributed by atoms with van der Waals surface area (Å²) in [5.74, 6) is 0.000188. The van der Waals surface area contributed by atoms with Crippen molar-refractivity contribution in [2.45, 2.75) is 57.2 Å². The number of rotatable bonds is 3. The molecule has 21 heavy (non-hydrogen) atoms. The molecular formula is C17H22N2O2. The number of hydrogen-bond acceptors (Lipinski definition) is 2. The van der Waals surface area contributed by atoms with Crippen LogP contribution in [0.15, 0.2) is 30.3 Å². The first-order valence-electron chi connectivity index (χ1n) is 7.78. The summed E-state index contributed by atoms with van der Waals surface area (Å²) in [5, 5.41) is 2.96. The molecule has 1 N–H and O–H groups in total. The molecule has 3 rings (SSSR count). The third kappa shape index (κ3) is 2.13. The summed E-state index contributed by atoms with van der Waals surface area (Å²) < 4.78 is 0. The molecule has 112 valence electrons. The number of benzene rings is 1. The van der Waals surface area contributed by atoms with Gasteiger partial charge in [0.15, 0.2) is 0 Å². The number of nitrogens with one attached hydrogen (secondary N) is 1. The maximum Gasteiger partial charge on any atom is 0.253 e. The van der Waals surface area contributed by atoms with Gasteiger partial charge in [0, 0.05) is 6.04 Å². The van der Waals surface area contributed by atoms with Gasteiger partial charge in [-0.05, 0) is 38.2 Å². The minimum Gasteiger partial charge on any atom is -0.336 e. The molecule has 2 amide bonds. The lowest BCUT2D eigenvalue weighted by atomic mass is 9.82. The predicted octanol–water partition coefficient (Wildman–Crippen LogP) is 2.19. The van der Waals surface area contributed by atoms with Gasteiger partial charge in [0.25, 0.3) is 5.91 Å². The normalized spacial score (nSPS) is 30.0. The standard InChI is InChI=1S/C17H22N2O2/c1-3-14-15(20)18-17(2,12-8-5-4-6-9-12)16(21)19(14)13-10-7-11-13/h4-6,8-9,13-14H,3,7,10-11H2,1-2H3,(H,18,20). The van der Waals surface area contributed by atoms with Crippen LogP contribution in [0.25, 0.3) is 0 Å². The molecule has 2 unspecified atom stereocenters. The first-order valence-corrected chi connectivity index (χ1v) is 7.78. The Morgan fingerprint density at radius 3 is 2.43 bits per heavy atom. The third-order valence-corrected chi connectivity index (χ3v) is 4.88. The summed E-state index contributed by atoms with van der Waals surface area (Å²) in [6, 6.07) is 9.45. The molecule has 0 spiro atoms. The van der Waals surface area contributed by atoms with Crippen molar-refractivity contribution in [2.24, 2.45) is 0 Å². The quantitative estimate of drug-likeness (QED) is 0.926. The molecule has 1 aliphatic carbocycles. The van der Waals surface area contributed by atoms with Crippen molar-refractivity contribution in [1.82, 2.24) is 10.2 Å². The zero-order chi connectivity index (χ0) is 15.0. The van der Waals surface area contributed by atoms with Crippen LogP contribution >= 0.6 is 0 Å². The van der Waals surface area contributed by atoms with Gasteiger partial charge < -0.3 is 10.2 Å². The van der Waals surface area contributed by atoms with E-state index in [1.54, 1.807) is 0 Å². The molecule has 1 saturated heterocycles. The van der Waals surface area contributed by atoms with Gasteiger partial charge in [0.05, 0.1) is 0 Å². The molecule has 0 radical (unpaired) electrons. The van der Waals surface area contributed by atoms with Gasteiger partial charge in [0.1, 0.15) is 11.6 Å². The fraction of sp³-hybridized carbons (Fsp3) is 0.529. The summed E-state index contributed by atoms with van der Waals surface area (Å²) in [5.41, 5.74) is -0.0956. The third-order valence-electron chi connectivity index (χ3n) is 4.88. The number of carbonyl (C=O) groups excluding carboxylic acids is 2. The Labute approximate surface area is 125 Å². The Hall–Kier alpha value is -1.84. The van der Waals surface area contributed by atoms with Gasteiger partial charge >= 0.3 is 0 Å². The summed E-state index contributed by atoms with van der Waals surface area (Å²) >= 11 is 0. The lowest BCUT2D eigenvalue weighted by molar-refractivity contribution is -0.160. The maximum absolute atomic E-state index is 13.1. The topological polar surface area (TPSA) is 49.4 Å². The number of nitrogens with zero attached hydrogens (tertiary/aromatic N) is 1. The summed E-state index contributed by atoms with van der Waals surface area (Å²) in [6.07, 6.45) is 3.84. The molecule has 4 heteroatoms. The van der Waals surface area contributed by atoms with Gasteiger partial charge in [0.2, 0.25) is 5.91 Å². The van der Waals surface area contributed by atoms with Crippen LogP contribution in [0.4, 0.5) is 0 Å². The molecule has 1 saturated carbocycles. The molecule has 0 bridgehead atoms. The van der Waals surface area contributed by atoms with Gasteiger partial charge in [-0.2, -0.15) is 0 Å². The summed E-state index contributed by atoms with van der Waals surface area (Å²) in [6.45, 7) is 3.79. The molecule has 2 atom stereocenters. The van der Waals surface area contributed by atoms with E-state index in [2.05, 4.69) is 5.32 Å². The highest BCUT2D eigenvalue weighted by Gasteiger charge is 2.51. The lowest BCUT2D eigenvalue weighted by Crippen LogP contribution is -2.70. The van der Waals surface area contributed by atoms with Gasteiger partial charge in [-0.15, -0.1) is 0 Å². The molecule has 1 aliphatic heterocycles. The van der Waals surface area contributed by atoms with Crippen LogP contribution in [0.5, 0.6) is 0 Å². The molecule has 2 aliphatic rings. The molecule has 1 aromatic carbocycles. The van der Waals surface area contributed by atoms with E-state index in [0.717, 1.165) is 24.8 Å². The van der Waals surface area contributed by atoms with Crippen molar-refractivity contribution in [1.29, 1.82) is 0 Å². The molecule has 0 aromatic heterocycles. The van der Waals surface area contributed by atoms with Crippen molar-refractivity contribution in [3.8, 4) is 0 Å². The Morgan fingerprint density at radius 2 is 1.90 bits per heavy atom. The van der Waals surface area contributed by atoms with Gasteiger partial charge in [-0.1, -0.05) is 37.3 Å². The van der Waals surface area contributed by atoms with Crippen LogP contribution < -0.4 is 5.32 Å². The minimum atomic E-state index is -0.945. The van der Waals surface area contributed by atoms with Crippen LogP contribution in [-0.2, 0) is 15.1 Å². The van der Waals surface area contributed by atoms with Crippen molar-refractivity contribution in [3.05, 3.63) is 35.9 Å². The number of piperazine rings is 1. The van der Waals surface area contributed by atoms with E-state index in [1.165, 1.54) is 0 Å². The van der Waals surface area contributed by atoms with Crippen LogP contribution in [0.2, 0.25) is 0 Å². The second-order valence-corrected chi connectivity index (χ2v) is 6.20. The average Bonchev–Trinajstić information content (AvgIpc) is 2.44. The van der Waals surface area contributed by atoms with Gasteiger partial charge in [-0.25, -0.2) is 0 Å². The first kappa shape index (κ1) is 14.1. The van der Waals surface area contributed by atoms with E-state index in [1.807, 2.05) is 49.1 Å². The Balaban J connectivity index is 2.00. The largest absolute Gasteiger partial charge is 0.336 e. The van der Waals surface area contributed by atoms with E-state index in [4.69, 9.17) is 0 Å². The van der Waals surface area contributed by atoms with E-state index in [-0.39, 0.29) is 23.9 Å². The number of carbonyl (C=O) groups is 2. The molecular weight excluding hydrogens is 264 g/mol. The average molecular weight is 286 g/mol. The molecule has 1 aromatic rings. The minimum absolute atomic E-state index is 0.0321. The smallest absolute Gasteiger partial charge is 0.253 e. The maximum atomic E-state index is 13.1. The van der Waals surface area contributed by atoms with Crippen LogP contribution in [-0.4, -0.2) is 28.8 Å². The van der Waals surface area contributed by atoms with E-state index < -0.39 is 5.54 Å². The first-order chi connectivity index (χ1) is 10.1. The van der Waals surface area contributed by atoms with Crippen LogP contribution in [0.1, 0.15) is 45.1 Å². The van der Waals surface area contributed by atoms with Gasteiger partial charge in [-0.3, -0.25) is 9.59 Å². The van der Waals surface area contributed by atoms with Crippen molar-refractivity contribution >= 4 is 11.8 Å². The fourth-order valence-corrected chi connectivity index (χ4v) is 3.34. The molecule has 2 fully saturated rings. The zero-order valence-electron chi connectivity index (χ0n) is 12.6. The van der Waals surface area contributed by atoms with E-state index in [0.29, 0.717) is 6.42 Å². The number of amides is 2. The highest BCUT2D eigenvalue weighted by Crippen LogP contribution is 2.35. The van der Waals surface area contributed by atoms with Crippen LogP contribution in [0, 0.1) is 0 Å². The van der Waals surface area contributed by atoms with Crippen molar-refractivity contribution in [3.63, 3.8) is 0 Å². The monoisotopic (exact) mass is 286 g/mol. The fourth-order valence-electron chi connectivity index (χ4n) is 3.34. The Morgan fingerprint density at radius 1 is 1.24 bits per heavy atom. The summed E-state index contributed by atoms with van der Waals surface area (Å²) in [4.78, 5) is 27.5. The van der Waals surface area contributed by atoms with Crippen molar-refractivity contribution in [2.75, 3.05) is 0 Å². The Kier molecular flexibility index (Phi) is 3.47. The molecule has 4 nitrogen and oxygen atoms in total. The second kappa shape index (κ2) is 5.17. The van der Waals surface area contributed by atoms with E-state index >= 15 is 0 Å². The second-order valence-electron chi connectivity index (χ2n) is 6.20. The SMILES string of the molecule is CCC1C(=O)NC(C)(c2ccccc2)C(=O)N1C1CCC1. The molecule has 1 heterocycles. The van der Waals surface area contributed by atoms with Crippen LogP contribution in [0.3, 0.4) is 0 Å². The highest BCUT2D eigenvalue weighted by molar-refractivity contribution is 6.00. The highest BCUT2D eigenvalue weighted by atomic mass is 16.2. The predicted molar refractivity (Wildman–Crippen MR) is 80.5 cm³/mol. The number of hydrogen-bond donors (Lipinski definition) is 1. The summed E-state index contributed by atoms with van der Waals surface area (Å²) in [7, 11) is 0. The lowest BCUT2D eigenvalue weighted by Gasteiger charge is -2.50. The zero-order valence-corrected chi connectivity index (χ0v) is 12.6. The van der Waals surface area contributed by atoms with Crippen molar-refractivity contribution < 1.29 is 9.59 Å².